The molecule has 8 heteroatoms. The SMILES string of the molecule is CC(=O)N1CCc2c(sc(C)c2C(=O)CCN2CCC(c3noc4cc(F)ccc34)CC2)C1. The van der Waals surface area contributed by atoms with E-state index < -0.39 is 0 Å². The average Bonchev–Trinajstić information content (AvgIpc) is 3.36. The quantitative estimate of drug-likeness (QED) is 0.507. The molecule has 3 aromatic rings. The number of aryl methyl sites for hydroxylation is 1. The zero-order valence-corrected chi connectivity index (χ0v) is 19.8. The number of likely N-dealkylation sites (tertiary alicyclic amines) is 1. The molecule has 4 heterocycles. The number of carbonyl (C=O) groups is 2. The molecule has 2 aromatic heterocycles. The first kappa shape index (κ1) is 22.2. The lowest BCUT2D eigenvalue weighted by molar-refractivity contribution is -0.129. The largest absolute Gasteiger partial charge is 0.356 e. The highest BCUT2D eigenvalue weighted by atomic mass is 32.1. The molecular weight excluding hydrogens is 441 g/mol. The van der Waals surface area contributed by atoms with Crippen molar-refractivity contribution in [2.75, 3.05) is 26.2 Å². The van der Waals surface area contributed by atoms with E-state index in [0.717, 1.165) is 70.9 Å². The number of rotatable bonds is 5. The number of aromatic nitrogens is 1. The van der Waals surface area contributed by atoms with Crippen molar-refractivity contribution < 1.29 is 18.5 Å². The van der Waals surface area contributed by atoms with Crippen molar-refractivity contribution in [2.24, 2.45) is 0 Å². The summed E-state index contributed by atoms with van der Waals surface area (Å²) in [6.45, 7) is 7.50. The number of piperidine rings is 1. The van der Waals surface area contributed by atoms with Crippen LogP contribution in [0.25, 0.3) is 11.0 Å². The van der Waals surface area contributed by atoms with Gasteiger partial charge in [0.05, 0.1) is 12.2 Å². The number of benzene rings is 1. The second-order valence-corrected chi connectivity index (χ2v) is 10.4. The molecule has 0 bridgehead atoms. The van der Waals surface area contributed by atoms with Gasteiger partial charge in [0.1, 0.15) is 5.82 Å². The Balaban J connectivity index is 1.18. The van der Waals surface area contributed by atoms with Gasteiger partial charge >= 0.3 is 0 Å². The Labute approximate surface area is 196 Å². The topological polar surface area (TPSA) is 66.7 Å². The number of halogens is 1. The molecule has 0 spiro atoms. The molecule has 33 heavy (non-hydrogen) atoms. The van der Waals surface area contributed by atoms with Gasteiger partial charge in [0, 0.05) is 59.1 Å². The van der Waals surface area contributed by atoms with E-state index in [-0.39, 0.29) is 17.5 Å². The molecule has 1 fully saturated rings. The maximum Gasteiger partial charge on any atom is 0.219 e. The zero-order valence-electron chi connectivity index (χ0n) is 19.0. The molecule has 0 aliphatic carbocycles. The molecule has 1 aromatic carbocycles. The van der Waals surface area contributed by atoms with Gasteiger partial charge < -0.3 is 14.3 Å². The lowest BCUT2D eigenvalue weighted by Gasteiger charge is -2.31. The van der Waals surface area contributed by atoms with Gasteiger partial charge in [0.15, 0.2) is 11.4 Å². The van der Waals surface area contributed by atoms with Gasteiger partial charge in [-0.1, -0.05) is 5.16 Å². The third-order valence-electron chi connectivity index (χ3n) is 7.05. The molecule has 2 aliphatic rings. The van der Waals surface area contributed by atoms with Crippen molar-refractivity contribution in [3.63, 3.8) is 0 Å². The smallest absolute Gasteiger partial charge is 0.219 e. The first-order chi connectivity index (χ1) is 15.9. The predicted molar refractivity (Wildman–Crippen MR) is 125 cm³/mol. The predicted octanol–water partition coefficient (Wildman–Crippen LogP) is 4.69. The minimum atomic E-state index is -0.317. The standard InChI is InChI=1S/C25H28FN3O3S/c1-15-24(20-7-12-29(16(2)30)14-23(20)33-15)21(31)8-11-28-9-5-17(6-10-28)25-19-4-3-18(26)13-22(19)32-27-25/h3-4,13,17H,5-12,14H2,1-2H3. The average molecular weight is 470 g/mol. The fourth-order valence-corrected chi connectivity index (χ4v) is 6.47. The van der Waals surface area contributed by atoms with Gasteiger partial charge in [-0.3, -0.25) is 9.59 Å². The Bertz CT molecular complexity index is 1210. The first-order valence-corrected chi connectivity index (χ1v) is 12.4. The summed E-state index contributed by atoms with van der Waals surface area (Å²) in [6, 6.07) is 4.59. The van der Waals surface area contributed by atoms with Crippen molar-refractivity contribution in [3.05, 3.63) is 50.6 Å². The van der Waals surface area contributed by atoms with Crippen molar-refractivity contribution in [3.8, 4) is 0 Å². The summed E-state index contributed by atoms with van der Waals surface area (Å²) >= 11 is 1.66. The number of fused-ring (bicyclic) bond motifs is 2. The van der Waals surface area contributed by atoms with Crippen LogP contribution in [0, 0.1) is 12.7 Å². The number of nitrogens with zero attached hydrogens (tertiary/aromatic N) is 3. The molecule has 0 atom stereocenters. The maximum atomic E-state index is 13.4. The second-order valence-electron chi connectivity index (χ2n) is 9.12. The van der Waals surface area contributed by atoms with E-state index in [1.54, 1.807) is 24.3 Å². The summed E-state index contributed by atoms with van der Waals surface area (Å²) in [5, 5.41) is 5.12. The highest BCUT2D eigenvalue weighted by Gasteiger charge is 2.29. The second kappa shape index (κ2) is 8.99. The Morgan fingerprint density at radius 2 is 2.03 bits per heavy atom. The lowest BCUT2D eigenvalue weighted by atomic mass is 9.91. The normalized spacial score (nSPS) is 17.5. The molecule has 0 saturated carbocycles. The molecule has 1 saturated heterocycles. The summed E-state index contributed by atoms with van der Waals surface area (Å²) in [4.78, 5) is 31.3. The van der Waals surface area contributed by atoms with Gasteiger partial charge in [0.2, 0.25) is 5.91 Å². The van der Waals surface area contributed by atoms with Crippen LogP contribution in [-0.2, 0) is 17.8 Å². The van der Waals surface area contributed by atoms with Crippen LogP contribution in [0.15, 0.2) is 22.7 Å². The number of hydrogen-bond donors (Lipinski definition) is 0. The highest BCUT2D eigenvalue weighted by molar-refractivity contribution is 7.12. The Morgan fingerprint density at radius 3 is 2.79 bits per heavy atom. The minimum Gasteiger partial charge on any atom is -0.356 e. The molecule has 0 radical (unpaired) electrons. The first-order valence-electron chi connectivity index (χ1n) is 11.6. The molecule has 2 aliphatic heterocycles. The number of ketones is 1. The van der Waals surface area contributed by atoms with Crippen molar-refractivity contribution in [1.29, 1.82) is 0 Å². The van der Waals surface area contributed by atoms with E-state index in [0.29, 0.717) is 31.0 Å². The summed E-state index contributed by atoms with van der Waals surface area (Å²) in [7, 11) is 0. The number of thiophene rings is 1. The third-order valence-corrected chi connectivity index (χ3v) is 8.18. The summed E-state index contributed by atoms with van der Waals surface area (Å²) in [6.07, 6.45) is 3.17. The molecule has 5 rings (SSSR count). The number of amides is 1. The number of carbonyl (C=O) groups excluding carboxylic acids is 2. The fourth-order valence-electron chi connectivity index (χ4n) is 5.21. The van der Waals surface area contributed by atoms with E-state index in [9.17, 15) is 14.0 Å². The third kappa shape index (κ3) is 4.34. The van der Waals surface area contributed by atoms with Crippen LogP contribution in [0.3, 0.4) is 0 Å². The van der Waals surface area contributed by atoms with Crippen molar-refractivity contribution in [1.82, 2.24) is 15.0 Å². The van der Waals surface area contributed by atoms with Gasteiger partial charge in [-0.05, 0) is 57.0 Å². The fraction of sp³-hybridized carbons (Fsp3) is 0.480. The Kier molecular flexibility index (Phi) is 6.05. The number of Topliss-reactive ketones (excluding diaryl/α,β-unsaturated/α-hetero) is 1. The van der Waals surface area contributed by atoms with Crippen LogP contribution in [-0.4, -0.2) is 52.8 Å². The summed E-state index contributed by atoms with van der Waals surface area (Å²) < 4.78 is 18.8. The lowest BCUT2D eigenvalue weighted by Crippen LogP contribution is -2.35. The van der Waals surface area contributed by atoms with Gasteiger partial charge in [-0.15, -0.1) is 11.3 Å². The van der Waals surface area contributed by atoms with Crippen LogP contribution in [0.4, 0.5) is 4.39 Å². The zero-order chi connectivity index (χ0) is 23.1. The number of hydrogen-bond acceptors (Lipinski definition) is 6. The van der Waals surface area contributed by atoms with E-state index in [1.807, 2.05) is 11.8 Å². The van der Waals surface area contributed by atoms with Crippen molar-refractivity contribution >= 4 is 34.0 Å². The monoisotopic (exact) mass is 469 g/mol. The molecule has 174 valence electrons. The molecule has 0 N–H and O–H groups in total. The van der Waals surface area contributed by atoms with E-state index in [4.69, 9.17) is 4.52 Å². The minimum absolute atomic E-state index is 0.0914. The highest BCUT2D eigenvalue weighted by Crippen LogP contribution is 2.35. The van der Waals surface area contributed by atoms with E-state index in [1.165, 1.54) is 12.1 Å². The van der Waals surface area contributed by atoms with Gasteiger partial charge in [-0.25, -0.2) is 4.39 Å². The van der Waals surface area contributed by atoms with Crippen LogP contribution in [0.1, 0.15) is 63.5 Å². The van der Waals surface area contributed by atoms with Crippen LogP contribution >= 0.6 is 11.3 Å². The van der Waals surface area contributed by atoms with Crippen LogP contribution < -0.4 is 0 Å². The van der Waals surface area contributed by atoms with Crippen LogP contribution in [0.5, 0.6) is 0 Å². The van der Waals surface area contributed by atoms with Crippen LogP contribution in [0.2, 0.25) is 0 Å². The summed E-state index contributed by atoms with van der Waals surface area (Å²) in [5.41, 5.74) is 3.47. The summed E-state index contributed by atoms with van der Waals surface area (Å²) in [5.74, 6) is 0.281. The van der Waals surface area contributed by atoms with E-state index in [2.05, 4.69) is 10.1 Å². The Hall–Kier alpha value is -2.58. The molecule has 1 amide bonds. The molecule has 6 nitrogen and oxygen atoms in total. The molecular formula is C25H28FN3O3S. The van der Waals surface area contributed by atoms with Gasteiger partial charge in [-0.2, -0.15) is 0 Å². The van der Waals surface area contributed by atoms with Crippen molar-refractivity contribution in [2.45, 2.75) is 52.0 Å². The molecule has 0 unspecified atom stereocenters. The van der Waals surface area contributed by atoms with E-state index >= 15 is 0 Å². The Morgan fingerprint density at radius 1 is 1.24 bits per heavy atom. The maximum absolute atomic E-state index is 13.4. The van der Waals surface area contributed by atoms with Gasteiger partial charge in [0.25, 0.3) is 0 Å².